The van der Waals surface area contributed by atoms with Crippen LogP contribution in [0, 0.1) is 10.1 Å². The average Bonchev–Trinajstić information content (AvgIpc) is 2.42. The molecule has 0 unspecified atom stereocenters. The quantitative estimate of drug-likeness (QED) is 0.491. The van der Waals surface area contributed by atoms with E-state index in [2.05, 4.69) is 4.98 Å². The highest BCUT2D eigenvalue weighted by molar-refractivity contribution is 6.30. The summed E-state index contributed by atoms with van der Waals surface area (Å²) in [4.78, 5) is 26.6. The Bertz CT molecular complexity index is 759. The molecule has 2 rings (SSSR count). The van der Waals surface area contributed by atoms with E-state index in [0.29, 0.717) is 17.8 Å². The Morgan fingerprint density at radius 2 is 2.05 bits per heavy atom. The topological polar surface area (TPSA) is 78.0 Å². The molecule has 110 valence electrons. The lowest BCUT2D eigenvalue weighted by Crippen LogP contribution is -2.25. The zero-order chi connectivity index (χ0) is 15.6. The molecule has 2 aromatic rings. The van der Waals surface area contributed by atoms with Crippen molar-refractivity contribution >= 4 is 28.9 Å². The smallest absolute Gasteiger partial charge is 0.275 e. The molecule has 1 aromatic carbocycles. The van der Waals surface area contributed by atoms with E-state index in [0.717, 1.165) is 0 Å². The molecule has 1 aromatic heterocycles. The van der Waals surface area contributed by atoms with Crippen molar-refractivity contribution in [1.29, 1.82) is 0 Å². The number of aryl methyl sites for hydroxylation is 1. The van der Waals surface area contributed by atoms with E-state index in [4.69, 9.17) is 23.2 Å². The normalized spacial score (nSPS) is 10.6. The summed E-state index contributed by atoms with van der Waals surface area (Å²) in [6.07, 6.45) is 0.483. The minimum Gasteiger partial charge on any atom is -0.292 e. The molecule has 0 aliphatic carbocycles. The fraction of sp³-hybridized carbons (Fsp3) is 0.231. The van der Waals surface area contributed by atoms with Gasteiger partial charge in [-0.05, 0) is 12.1 Å². The molecule has 0 saturated carbocycles. The van der Waals surface area contributed by atoms with E-state index in [1.807, 2.05) is 6.92 Å². The van der Waals surface area contributed by atoms with Crippen LogP contribution in [0.3, 0.4) is 0 Å². The largest absolute Gasteiger partial charge is 0.292 e. The Hall–Kier alpha value is -1.92. The molecule has 21 heavy (non-hydrogen) atoms. The van der Waals surface area contributed by atoms with Gasteiger partial charge in [0.2, 0.25) is 0 Å². The fourth-order valence-corrected chi connectivity index (χ4v) is 2.33. The van der Waals surface area contributed by atoms with Crippen LogP contribution in [0.15, 0.2) is 29.1 Å². The maximum Gasteiger partial charge on any atom is 0.275 e. The van der Waals surface area contributed by atoms with Gasteiger partial charge in [-0.25, -0.2) is 4.98 Å². The summed E-state index contributed by atoms with van der Waals surface area (Å²) in [7, 11) is 0. The summed E-state index contributed by atoms with van der Waals surface area (Å²) < 4.78 is 1.36. The summed E-state index contributed by atoms with van der Waals surface area (Å²) in [6.45, 7) is 1.87. The Morgan fingerprint density at radius 3 is 2.67 bits per heavy atom. The second-order valence-electron chi connectivity index (χ2n) is 4.30. The number of hydrogen-bond acceptors (Lipinski definition) is 4. The second-order valence-corrected chi connectivity index (χ2v) is 5.13. The first kappa shape index (κ1) is 15.5. The average molecular weight is 328 g/mol. The standard InChI is InChI=1S/C13H11Cl2N3O3/c1-2-12-16-11(15)6-13(19)17(12)7-8-3-4-9(14)5-10(8)18(20)21/h3-6H,2,7H2,1H3. The number of hydrogen-bond donors (Lipinski definition) is 0. The fourth-order valence-electron chi connectivity index (χ4n) is 1.97. The van der Waals surface area contributed by atoms with Gasteiger partial charge < -0.3 is 0 Å². The predicted molar refractivity (Wildman–Crippen MR) is 80.1 cm³/mol. The molecule has 1 heterocycles. The van der Waals surface area contributed by atoms with Crippen LogP contribution < -0.4 is 5.56 Å². The van der Waals surface area contributed by atoms with Gasteiger partial charge in [0.05, 0.1) is 11.5 Å². The van der Waals surface area contributed by atoms with Crippen molar-refractivity contribution in [2.45, 2.75) is 19.9 Å². The zero-order valence-electron chi connectivity index (χ0n) is 11.0. The lowest BCUT2D eigenvalue weighted by Gasteiger charge is -2.11. The molecule has 0 N–H and O–H groups in total. The molecule has 0 radical (unpaired) electrons. The Labute approximate surface area is 130 Å². The van der Waals surface area contributed by atoms with Crippen molar-refractivity contribution in [3.8, 4) is 0 Å². The Morgan fingerprint density at radius 1 is 1.33 bits per heavy atom. The lowest BCUT2D eigenvalue weighted by molar-refractivity contribution is -0.385. The number of nitro groups is 1. The van der Waals surface area contributed by atoms with E-state index >= 15 is 0 Å². The Kier molecular flexibility index (Phi) is 4.59. The maximum atomic E-state index is 12.0. The summed E-state index contributed by atoms with van der Waals surface area (Å²) in [5.74, 6) is 0.469. The van der Waals surface area contributed by atoms with Gasteiger partial charge in [0.25, 0.3) is 11.2 Å². The molecule has 0 aliphatic rings. The van der Waals surface area contributed by atoms with Gasteiger partial charge in [0.15, 0.2) is 0 Å². The third-order valence-electron chi connectivity index (χ3n) is 2.94. The highest BCUT2D eigenvalue weighted by atomic mass is 35.5. The molecule has 0 fully saturated rings. The van der Waals surface area contributed by atoms with Crippen LogP contribution in [0.2, 0.25) is 10.2 Å². The number of nitro benzene ring substituents is 1. The van der Waals surface area contributed by atoms with Crippen molar-refractivity contribution < 1.29 is 4.92 Å². The maximum absolute atomic E-state index is 12.0. The van der Waals surface area contributed by atoms with Gasteiger partial charge in [-0.15, -0.1) is 0 Å². The van der Waals surface area contributed by atoms with Gasteiger partial charge in [0.1, 0.15) is 11.0 Å². The van der Waals surface area contributed by atoms with E-state index in [1.54, 1.807) is 6.07 Å². The number of halogens is 2. The van der Waals surface area contributed by atoms with Crippen LogP contribution in [0.5, 0.6) is 0 Å². The molecule has 0 atom stereocenters. The molecule has 6 nitrogen and oxygen atoms in total. The number of benzene rings is 1. The molecule has 8 heteroatoms. The highest BCUT2D eigenvalue weighted by Gasteiger charge is 2.16. The molecule has 0 saturated heterocycles. The van der Waals surface area contributed by atoms with Gasteiger partial charge in [-0.1, -0.05) is 30.1 Å². The van der Waals surface area contributed by atoms with Crippen molar-refractivity contribution in [2.24, 2.45) is 0 Å². The summed E-state index contributed by atoms with van der Waals surface area (Å²) in [5.41, 5.74) is -0.104. The highest BCUT2D eigenvalue weighted by Crippen LogP contribution is 2.24. The summed E-state index contributed by atoms with van der Waals surface area (Å²) >= 11 is 11.5. The van der Waals surface area contributed by atoms with Crippen LogP contribution in [-0.2, 0) is 13.0 Å². The SMILES string of the molecule is CCc1nc(Cl)cc(=O)n1Cc1ccc(Cl)cc1[N+](=O)[O-]. The molecule has 0 amide bonds. The van der Waals surface area contributed by atoms with Crippen molar-refractivity contribution in [1.82, 2.24) is 9.55 Å². The summed E-state index contributed by atoms with van der Waals surface area (Å²) in [5, 5.41) is 11.5. The van der Waals surface area contributed by atoms with E-state index in [-0.39, 0.29) is 28.0 Å². The number of nitrogens with zero attached hydrogens (tertiary/aromatic N) is 3. The zero-order valence-corrected chi connectivity index (χ0v) is 12.6. The predicted octanol–water partition coefficient (Wildman–Crippen LogP) is 3.07. The van der Waals surface area contributed by atoms with Crippen LogP contribution >= 0.6 is 23.2 Å². The van der Waals surface area contributed by atoms with Gasteiger partial charge >= 0.3 is 0 Å². The first-order valence-electron chi connectivity index (χ1n) is 6.11. The second kappa shape index (κ2) is 6.24. The van der Waals surface area contributed by atoms with Crippen LogP contribution in [-0.4, -0.2) is 14.5 Å². The monoisotopic (exact) mass is 327 g/mol. The Balaban J connectivity index is 2.53. The first-order valence-corrected chi connectivity index (χ1v) is 6.87. The van der Waals surface area contributed by atoms with Gasteiger partial charge in [0, 0.05) is 29.1 Å². The molecule has 0 bridgehead atoms. The van der Waals surface area contributed by atoms with Gasteiger partial charge in [-0.2, -0.15) is 0 Å². The van der Waals surface area contributed by atoms with Crippen molar-refractivity contribution in [3.05, 3.63) is 66.3 Å². The third kappa shape index (κ3) is 3.40. The number of aromatic nitrogens is 2. The van der Waals surface area contributed by atoms with Crippen LogP contribution in [0.25, 0.3) is 0 Å². The molecule has 0 spiro atoms. The van der Waals surface area contributed by atoms with E-state index in [1.165, 1.54) is 22.8 Å². The molecular weight excluding hydrogens is 317 g/mol. The van der Waals surface area contributed by atoms with Crippen molar-refractivity contribution in [3.63, 3.8) is 0 Å². The van der Waals surface area contributed by atoms with Crippen LogP contribution in [0.1, 0.15) is 18.3 Å². The van der Waals surface area contributed by atoms with E-state index in [9.17, 15) is 14.9 Å². The minimum atomic E-state index is -0.527. The summed E-state index contributed by atoms with van der Waals surface area (Å²) in [6, 6.07) is 5.52. The first-order chi connectivity index (χ1) is 9.92. The van der Waals surface area contributed by atoms with Gasteiger partial charge in [-0.3, -0.25) is 19.5 Å². The third-order valence-corrected chi connectivity index (χ3v) is 3.37. The number of rotatable bonds is 4. The van der Waals surface area contributed by atoms with E-state index < -0.39 is 4.92 Å². The van der Waals surface area contributed by atoms with Crippen molar-refractivity contribution in [2.75, 3.05) is 0 Å². The molecular formula is C13H11Cl2N3O3. The minimum absolute atomic E-state index is 0.0413. The molecule has 0 aliphatic heterocycles. The van der Waals surface area contributed by atoms with Crippen LogP contribution in [0.4, 0.5) is 5.69 Å². The lowest BCUT2D eigenvalue weighted by atomic mass is 10.1.